The van der Waals surface area contributed by atoms with Crippen LogP contribution in [0.1, 0.15) is 30.9 Å². The molecular formula is C17H20BrNO. The lowest BCUT2D eigenvalue weighted by atomic mass is 10.1. The van der Waals surface area contributed by atoms with Crippen LogP contribution in [-0.4, -0.2) is 0 Å². The zero-order valence-corrected chi connectivity index (χ0v) is 13.3. The maximum atomic E-state index is 5.91. The summed E-state index contributed by atoms with van der Waals surface area (Å²) < 4.78 is 6.93. The highest BCUT2D eigenvalue weighted by Crippen LogP contribution is 2.28. The van der Waals surface area contributed by atoms with Crippen molar-refractivity contribution in [2.75, 3.05) is 0 Å². The Hall–Kier alpha value is -1.32. The molecular weight excluding hydrogens is 314 g/mol. The number of hydrogen-bond donors (Lipinski definition) is 1. The highest BCUT2D eigenvalue weighted by atomic mass is 79.9. The first-order valence-electron chi connectivity index (χ1n) is 6.98. The van der Waals surface area contributed by atoms with Gasteiger partial charge in [-0.15, -0.1) is 0 Å². The number of nitrogens with two attached hydrogens (primary N) is 1. The average molecular weight is 334 g/mol. The quantitative estimate of drug-likeness (QED) is 0.803. The van der Waals surface area contributed by atoms with E-state index in [9.17, 15) is 0 Å². The van der Waals surface area contributed by atoms with E-state index in [0.717, 1.165) is 28.0 Å². The number of rotatable bonds is 6. The summed E-state index contributed by atoms with van der Waals surface area (Å²) in [5.41, 5.74) is 8.10. The smallest absolute Gasteiger partial charge is 0.131 e. The number of halogens is 1. The molecule has 0 spiro atoms. The van der Waals surface area contributed by atoms with E-state index in [1.165, 1.54) is 18.4 Å². The molecule has 0 saturated heterocycles. The molecule has 0 aromatic heterocycles. The highest BCUT2D eigenvalue weighted by Gasteiger charge is 2.04. The van der Waals surface area contributed by atoms with Gasteiger partial charge in [0.25, 0.3) is 0 Å². The second-order valence-electron chi connectivity index (χ2n) is 4.81. The molecule has 0 radical (unpaired) electrons. The van der Waals surface area contributed by atoms with E-state index in [2.05, 4.69) is 35.0 Å². The standard InChI is InChI=1S/C17H20BrNO/c1-2-3-4-13-5-8-16(9-6-13)20-17-10-7-15(18)11-14(17)12-19/h5-11H,2-4,12,19H2,1H3. The number of unbranched alkanes of at least 4 members (excludes halogenated alkanes) is 1. The minimum atomic E-state index is 0.462. The van der Waals surface area contributed by atoms with Gasteiger partial charge in [-0.25, -0.2) is 0 Å². The Labute approximate surface area is 129 Å². The summed E-state index contributed by atoms with van der Waals surface area (Å²) in [7, 11) is 0. The molecule has 0 aliphatic carbocycles. The van der Waals surface area contributed by atoms with E-state index in [1.54, 1.807) is 0 Å². The largest absolute Gasteiger partial charge is 0.457 e. The fourth-order valence-electron chi connectivity index (χ4n) is 2.04. The van der Waals surface area contributed by atoms with Crippen LogP contribution in [0.2, 0.25) is 0 Å². The summed E-state index contributed by atoms with van der Waals surface area (Å²) in [5.74, 6) is 1.67. The molecule has 0 unspecified atom stereocenters. The molecule has 2 nitrogen and oxygen atoms in total. The molecule has 0 fully saturated rings. The van der Waals surface area contributed by atoms with Gasteiger partial charge in [-0.3, -0.25) is 0 Å². The third kappa shape index (κ3) is 4.09. The lowest BCUT2D eigenvalue weighted by molar-refractivity contribution is 0.476. The van der Waals surface area contributed by atoms with E-state index in [4.69, 9.17) is 10.5 Å². The second-order valence-corrected chi connectivity index (χ2v) is 5.72. The Kier molecular flexibility index (Phi) is 5.62. The molecule has 2 N–H and O–H groups in total. The zero-order chi connectivity index (χ0) is 14.4. The van der Waals surface area contributed by atoms with Gasteiger partial charge in [0.05, 0.1) is 0 Å². The van der Waals surface area contributed by atoms with E-state index in [1.807, 2.05) is 30.3 Å². The molecule has 0 aliphatic heterocycles. The predicted octanol–water partition coefficient (Wildman–Crippen LogP) is 5.04. The van der Waals surface area contributed by atoms with Gasteiger partial charge in [0.2, 0.25) is 0 Å². The lowest BCUT2D eigenvalue weighted by Crippen LogP contribution is -1.99. The fourth-order valence-corrected chi connectivity index (χ4v) is 2.45. The Morgan fingerprint density at radius 1 is 1.10 bits per heavy atom. The van der Waals surface area contributed by atoms with Crippen molar-refractivity contribution in [1.29, 1.82) is 0 Å². The fraction of sp³-hybridized carbons (Fsp3) is 0.294. The minimum Gasteiger partial charge on any atom is -0.457 e. The minimum absolute atomic E-state index is 0.462. The third-order valence-electron chi connectivity index (χ3n) is 3.21. The van der Waals surface area contributed by atoms with Crippen molar-refractivity contribution in [3.63, 3.8) is 0 Å². The monoisotopic (exact) mass is 333 g/mol. The van der Waals surface area contributed by atoms with Crippen LogP contribution in [-0.2, 0) is 13.0 Å². The van der Waals surface area contributed by atoms with Gasteiger partial charge < -0.3 is 10.5 Å². The predicted molar refractivity (Wildman–Crippen MR) is 87.2 cm³/mol. The first-order chi connectivity index (χ1) is 9.72. The van der Waals surface area contributed by atoms with Crippen LogP contribution in [0.25, 0.3) is 0 Å². The van der Waals surface area contributed by atoms with Crippen molar-refractivity contribution in [1.82, 2.24) is 0 Å². The SMILES string of the molecule is CCCCc1ccc(Oc2ccc(Br)cc2CN)cc1. The molecule has 20 heavy (non-hydrogen) atoms. The molecule has 0 atom stereocenters. The van der Waals surface area contributed by atoms with Crippen LogP contribution in [0.3, 0.4) is 0 Å². The van der Waals surface area contributed by atoms with E-state index < -0.39 is 0 Å². The van der Waals surface area contributed by atoms with Gasteiger partial charge in [0.1, 0.15) is 11.5 Å². The van der Waals surface area contributed by atoms with Crippen molar-refractivity contribution >= 4 is 15.9 Å². The Morgan fingerprint density at radius 2 is 1.85 bits per heavy atom. The lowest BCUT2D eigenvalue weighted by Gasteiger charge is -2.11. The molecule has 2 aromatic rings. The number of benzene rings is 2. The summed E-state index contributed by atoms with van der Waals surface area (Å²) in [4.78, 5) is 0. The molecule has 3 heteroatoms. The van der Waals surface area contributed by atoms with Gasteiger partial charge in [0, 0.05) is 16.6 Å². The summed E-state index contributed by atoms with van der Waals surface area (Å²) in [6, 6.07) is 14.2. The first kappa shape index (κ1) is 15.1. The van der Waals surface area contributed by atoms with Crippen LogP contribution >= 0.6 is 15.9 Å². The van der Waals surface area contributed by atoms with E-state index in [0.29, 0.717) is 6.54 Å². The molecule has 0 bridgehead atoms. The average Bonchev–Trinajstić information content (AvgIpc) is 2.48. The summed E-state index contributed by atoms with van der Waals surface area (Å²) in [6.07, 6.45) is 3.57. The Morgan fingerprint density at radius 3 is 2.50 bits per heavy atom. The van der Waals surface area contributed by atoms with E-state index in [-0.39, 0.29) is 0 Å². The maximum absolute atomic E-state index is 5.91. The van der Waals surface area contributed by atoms with E-state index >= 15 is 0 Å². The normalized spacial score (nSPS) is 10.6. The van der Waals surface area contributed by atoms with Crippen LogP contribution in [0, 0.1) is 0 Å². The van der Waals surface area contributed by atoms with Crippen LogP contribution < -0.4 is 10.5 Å². The Balaban J connectivity index is 2.10. The third-order valence-corrected chi connectivity index (χ3v) is 3.71. The highest BCUT2D eigenvalue weighted by molar-refractivity contribution is 9.10. The van der Waals surface area contributed by atoms with Crippen molar-refractivity contribution in [3.05, 3.63) is 58.1 Å². The molecule has 2 rings (SSSR count). The van der Waals surface area contributed by atoms with Crippen molar-refractivity contribution in [2.45, 2.75) is 32.7 Å². The number of aryl methyl sites for hydroxylation is 1. The summed E-state index contributed by atoms with van der Waals surface area (Å²) >= 11 is 3.44. The topological polar surface area (TPSA) is 35.2 Å². The molecule has 0 saturated carbocycles. The molecule has 0 aliphatic rings. The van der Waals surface area contributed by atoms with Crippen LogP contribution in [0.15, 0.2) is 46.9 Å². The Bertz CT molecular complexity index is 551. The second kappa shape index (κ2) is 7.46. The maximum Gasteiger partial charge on any atom is 0.131 e. The first-order valence-corrected chi connectivity index (χ1v) is 7.77. The number of ether oxygens (including phenoxy) is 1. The number of hydrogen-bond acceptors (Lipinski definition) is 2. The van der Waals surface area contributed by atoms with Gasteiger partial charge in [-0.05, 0) is 48.7 Å². The van der Waals surface area contributed by atoms with Crippen molar-refractivity contribution in [3.8, 4) is 11.5 Å². The van der Waals surface area contributed by atoms with Crippen molar-refractivity contribution < 1.29 is 4.74 Å². The van der Waals surface area contributed by atoms with Gasteiger partial charge in [-0.1, -0.05) is 41.4 Å². The zero-order valence-electron chi connectivity index (χ0n) is 11.7. The molecule has 0 heterocycles. The van der Waals surface area contributed by atoms with Crippen LogP contribution in [0.5, 0.6) is 11.5 Å². The molecule has 106 valence electrons. The summed E-state index contributed by atoms with van der Waals surface area (Å²) in [5, 5.41) is 0. The summed E-state index contributed by atoms with van der Waals surface area (Å²) in [6.45, 7) is 2.67. The van der Waals surface area contributed by atoms with Gasteiger partial charge in [-0.2, -0.15) is 0 Å². The molecule has 2 aromatic carbocycles. The molecule has 0 amide bonds. The van der Waals surface area contributed by atoms with Crippen LogP contribution in [0.4, 0.5) is 0 Å². The van der Waals surface area contributed by atoms with Gasteiger partial charge >= 0.3 is 0 Å². The van der Waals surface area contributed by atoms with Gasteiger partial charge in [0.15, 0.2) is 0 Å². The van der Waals surface area contributed by atoms with Crippen molar-refractivity contribution in [2.24, 2.45) is 5.73 Å².